The molecular weight excluding hydrogens is 304 g/mol. The van der Waals surface area contributed by atoms with Crippen LogP contribution in [0.3, 0.4) is 0 Å². The van der Waals surface area contributed by atoms with E-state index in [1.54, 1.807) is 12.1 Å². The van der Waals surface area contributed by atoms with Crippen molar-refractivity contribution in [3.05, 3.63) is 69.2 Å². The third-order valence-corrected chi connectivity index (χ3v) is 3.69. The standard InChI is InChI=1S/C16H11BrO2/c17-13-3-1-2-10(7-13)6-12-8-11-4-5-14(18)9-15(11)16(12)19/h1-7,9,18H,8H2. The highest BCUT2D eigenvalue weighted by molar-refractivity contribution is 9.10. The Bertz CT molecular complexity index is 702. The van der Waals surface area contributed by atoms with Crippen molar-refractivity contribution < 1.29 is 9.90 Å². The molecule has 3 heteroatoms. The predicted molar refractivity (Wildman–Crippen MR) is 78.3 cm³/mol. The van der Waals surface area contributed by atoms with E-state index in [0.29, 0.717) is 12.0 Å². The van der Waals surface area contributed by atoms with E-state index in [4.69, 9.17) is 0 Å². The summed E-state index contributed by atoms with van der Waals surface area (Å²) in [7, 11) is 0. The summed E-state index contributed by atoms with van der Waals surface area (Å²) in [5.41, 5.74) is 3.35. The van der Waals surface area contributed by atoms with E-state index >= 15 is 0 Å². The molecule has 0 spiro atoms. The number of phenolic OH excluding ortho intramolecular Hbond substituents is 1. The second-order valence-corrected chi connectivity index (χ2v) is 5.49. The highest BCUT2D eigenvalue weighted by Crippen LogP contribution is 2.30. The average Bonchev–Trinajstić information content (AvgIpc) is 2.67. The molecule has 1 N–H and O–H groups in total. The molecule has 2 aromatic carbocycles. The lowest BCUT2D eigenvalue weighted by molar-refractivity contribution is 0.104. The van der Waals surface area contributed by atoms with Crippen LogP contribution in [0, 0.1) is 0 Å². The predicted octanol–water partition coefficient (Wildman–Crippen LogP) is 3.98. The van der Waals surface area contributed by atoms with Crippen LogP contribution in [0.2, 0.25) is 0 Å². The number of rotatable bonds is 1. The van der Waals surface area contributed by atoms with Crippen LogP contribution in [-0.4, -0.2) is 10.9 Å². The van der Waals surface area contributed by atoms with Crippen molar-refractivity contribution in [3.8, 4) is 5.75 Å². The maximum atomic E-state index is 12.2. The Morgan fingerprint density at radius 2 is 2.00 bits per heavy atom. The van der Waals surface area contributed by atoms with Gasteiger partial charge >= 0.3 is 0 Å². The number of hydrogen-bond acceptors (Lipinski definition) is 2. The number of Topliss-reactive ketones (excluding diaryl/α,β-unsaturated/α-hetero) is 1. The Balaban J connectivity index is 2.00. The Kier molecular flexibility index (Phi) is 2.99. The molecule has 0 fully saturated rings. The van der Waals surface area contributed by atoms with Crippen LogP contribution in [0.15, 0.2) is 52.5 Å². The van der Waals surface area contributed by atoms with Gasteiger partial charge in [0.1, 0.15) is 5.75 Å². The fourth-order valence-corrected chi connectivity index (χ4v) is 2.72. The molecule has 1 aliphatic carbocycles. The largest absolute Gasteiger partial charge is 0.508 e. The molecule has 0 radical (unpaired) electrons. The van der Waals surface area contributed by atoms with Crippen LogP contribution in [0.1, 0.15) is 21.5 Å². The van der Waals surface area contributed by atoms with E-state index in [2.05, 4.69) is 15.9 Å². The number of aromatic hydroxyl groups is 1. The minimum atomic E-state index is 0.00544. The zero-order valence-corrected chi connectivity index (χ0v) is 11.6. The van der Waals surface area contributed by atoms with Crippen molar-refractivity contribution in [1.82, 2.24) is 0 Å². The molecule has 2 aromatic rings. The van der Waals surface area contributed by atoms with Crippen LogP contribution in [0.25, 0.3) is 6.08 Å². The van der Waals surface area contributed by atoms with E-state index in [1.807, 2.05) is 36.4 Å². The molecule has 2 nitrogen and oxygen atoms in total. The van der Waals surface area contributed by atoms with E-state index < -0.39 is 0 Å². The van der Waals surface area contributed by atoms with Gasteiger partial charge in [0, 0.05) is 22.0 Å². The Morgan fingerprint density at radius 1 is 1.16 bits per heavy atom. The molecule has 1 aliphatic rings. The van der Waals surface area contributed by atoms with Gasteiger partial charge in [-0.3, -0.25) is 4.79 Å². The summed E-state index contributed by atoms with van der Waals surface area (Å²) >= 11 is 3.42. The number of allylic oxidation sites excluding steroid dienone is 1. The highest BCUT2D eigenvalue weighted by atomic mass is 79.9. The topological polar surface area (TPSA) is 37.3 Å². The van der Waals surface area contributed by atoms with E-state index in [1.165, 1.54) is 0 Å². The summed E-state index contributed by atoms with van der Waals surface area (Å²) in [4.78, 5) is 12.2. The SMILES string of the molecule is O=C1C(=Cc2cccc(Br)c2)Cc2ccc(O)cc21. The Morgan fingerprint density at radius 3 is 2.79 bits per heavy atom. The van der Waals surface area contributed by atoms with Gasteiger partial charge < -0.3 is 5.11 Å². The van der Waals surface area contributed by atoms with Gasteiger partial charge in [-0.1, -0.05) is 34.1 Å². The van der Waals surface area contributed by atoms with Gasteiger partial charge in [-0.05, 0) is 41.5 Å². The Labute approximate surface area is 119 Å². The number of benzene rings is 2. The maximum Gasteiger partial charge on any atom is 0.189 e. The van der Waals surface area contributed by atoms with Crippen molar-refractivity contribution in [1.29, 1.82) is 0 Å². The molecule has 0 amide bonds. The number of carbonyl (C=O) groups is 1. The number of hydrogen-bond donors (Lipinski definition) is 1. The summed E-state index contributed by atoms with van der Waals surface area (Å²) in [6, 6.07) is 12.8. The van der Waals surface area contributed by atoms with Crippen molar-refractivity contribution >= 4 is 27.8 Å². The molecule has 19 heavy (non-hydrogen) atoms. The minimum Gasteiger partial charge on any atom is -0.508 e. The number of ketones is 1. The molecule has 0 atom stereocenters. The summed E-state index contributed by atoms with van der Waals surface area (Å²) < 4.78 is 0.988. The second-order valence-electron chi connectivity index (χ2n) is 4.57. The van der Waals surface area contributed by atoms with Crippen LogP contribution >= 0.6 is 15.9 Å². The first-order valence-corrected chi connectivity index (χ1v) is 6.75. The lowest BCUT2D eigenvalue weighted by atomic mass is 10.1. The normalized spacial score (nSPS) is 15.8. The van der Waals surface area contributed by atoms with Crippen LogP contribution in [-0.2, 0) is 6.42 Å². The second kappa shape index (κ2) is 4.67. The maximum absolute atomic E-state index is 12.2. The third kappa shape index (κ3) is 2.34. The van der Waals surface area contributed by atoms with Crippen molar-refractivity contribution in [2.75, 3.05) is 0 Å². The van der Waals surface area contributed by atoms with Crippen molar-refractivity contribution in [3.63, 3.8) is 0 Å². The van der Waals surface area contributed by atoms with E-state index in [9.17, 15) is 9.90 Å². The quantitative estimate of drug-likeness (QED) is 0.808. The van der Waals surface area contributed by atoms with E-state index in [0.717, 1.165) is 21.2 Å². The van der Waals surface area contributed by atoms with Gasteiger partial charge in [-0.2, -0.15) is 0 Å². The molecule has 3 rings (SSSR count). The lowest BCUT2D eigenvalue weighted by Crippen LogP contribution is -1.95. The van der Waals surface area contributed by atoms with Gasteiger partial charge in [0.25, 0.3) is 0 Å². The molecular formula is C16H11BrO2. The highest BCUT2D eigenvalue weighted by Gasteiger charge is 2.24. The number of fused-ring (bicyclic) bond motifs is 1. The first-order chi connectivity index (χ1) is 9.13. The van der Waals surface area contributed by atoms with Gasteiger partial charge in [0.05, 0.1) is 0 Å². The molecule has 0 aromatic heterocycles. The molecule has 0 saturated heterocycles. The molecule has 0 bridgehead atoms. The number of halogens is 1. The number of phenols is 1. The average molecular weight is 315 g/mol. The van der Waals surface area contributed by atoms with Crippen molar-refractivity contribution in [2.45, 2.75) is 6.42 Å². The van der Waals surface area contributed by atoms with Gasteiger partial charge in [-0.25, -0.2) is 0 Å². The smallest absolute Gasteiger partial charge is 0.189 e. The zero-order valence-electron chi connectivity index (χ0n) is 10.1. The first kappa shape index (κ1) is 12.2. The molecule has 0 unspecified atom stereocenters. The summed E-state index contributed by atoms with van der Waals surface area (Å²) in [6.07, 6.45) is 2.53. The summed E-state index contributed by atoms with van der Waals surface area (Å²) in [6.45, 7) is 0. The molecule has 0 aliphatic heterocycles. The Hall–Kier alpha value is -1.87. The van der Waals surface area contributed by atoms with Crippen LogP contribution < -0.4 is 0 Å². The monoisotopic (exact) mass is 314 g/mol. The van der Waals surface area contributed by atoms with Gasteiger partial charge in [0.2, 0.25) is 0 Å². The van der Waals surface area contributed by atoms with E-state index in [-0.39, 0.29) is 11.5 Å². The lowest BCUT2D eigenvalue weighted by Gasteiger charge is -1.97. The molecule has 0 heterocycles. The summed E-state index contributed by atoms with van der Waals surface area (Å²) in [5, 5.41) is 9.45. The number of carbonyl (C=O) groups excluding carboxylic acids is 1. The third-order valence-electron chi connectivity index (χ3n) is 3.20. The first-order valence-electron chi connectivity index (χ1n) is 5.96. The van der Waals surface area contributed by atoms with Crippen LogP contribution in [0.4, 0.5) is 0 Å². The summed E-state index contributed by atoms with van der Waals surface area (Å²) in [5.74, 6) is 0.140. The van der Waals surface area contributed by atoms with Gasteiger partial charge in [-0.15, -0.1) is 0 Å². The van der Waals surface area contributed by atoms with Crippen molar-refractivity contribution in [2.24, 2.45) is 0 Å². The zero-order chi connectivity index (χ0) is 13.4. The fraction of sp³-hybridized carbons (Fsp3) is 0.0625. The molecule has 0 saturated carbocycles. The van der Waals surface area contributed by atoms with Gasteiger partial charge in [0.15, 0.2) is 5.78 Å². The minimum absolute atomic E-state index is 0.00544. The molecule has 94 valence electrons. The fourth-order valence-electron chi connectivity index (χ4n) is 2.30. The van der Waals surface area contributed by atoms with Crippen LogP contribution in [0.5, 0.6) is 5.75 Å².